The van der Waals surface area contributed by atoms with Crippen molar-refractivity contribution < 1.29 is 9.47 Å². The number of ether oxygens (including phenoxy) is 2. The van der Waals surface area contributed by atoms with Gasteiger partial charge in [-0.15, -0.1) is 23.7 Å². The number of hydrogen-bond acceptors (Lipinski definition) is 6. The lowest BCUT2D eigenvalue weighted by Gasteiger charge is -2.11. The van der Waals surface area contributed by atoms with Gasteiger partial charge in [0.15, 0.2) is 11.5 Å². The van der Waals surface area contributed by atoms with Crippen LogP contribution in [0.15, 0.2) is 24.5 Å². The van der Waals surface area contributed by atoms with Gasteiger partial charge in [0, 0.05) is 16.6 Å². The maximum atomic E-state index is 5.33. The van der Waals surface area contributed by atoms with E-state index in [9.17, 15) is 0 Å². The molecule has 5 nitrogen and oxygen atoms in total. The Labute approximate surface area is 145 Å². The number of aryl methyl sites for hydroxylation is 2. The number of nitrogens with one attached hydrogen (secondary N) is 1. The van der Waals surface area contributed by atoms with Crippen LogP contribution in [-0.4, -0.2) is 24.2 Å². The molecule has 0 bridgehead atoms. The number of fused-ring (bicyclic) bond motifs is 1. The van der Waals surface area contributed by atoms with E-state index in [1.54, 1.807) is 31.9 Å². The molecular formula is C16H18ClN3O2S. The number of rotatable bonds is 4. The molecule has 0 atom stereocenters. The molecule has 0 fully saturated rings. The standard InChI is InChI=1S/C16H17N3O2S.ClH/c1-9-10(2)22-16-14(9)15(17-8-18-16)19-11-5-6-12(20-3)13(7-11)21-4;/h5-8H,1-4H3,(H,17,18,19);1H. The van der Waals surface area contributed by atoms with Crippen LogP contribution in [0.2, 0.25) is 0 Å². The summed E-state index contributed by atoms with van der Waals surface area (Å²) in [7, 11) is 3.24. The molecule has 3 rings (SSSR count). The van der Waals surface area contributed by atoms with Crippen LogP contribution in [0.5, 0.6) is 11.5 Å². The molecule has 122 valence electrons. The van der Waals surface area contributed by atoms with Gasteiger partial charge >= 0.3 is 0 Å². The zero-order valence-corrected chi connectivity index (χ0v) is 15.0. The zero-order chi connectivity index (χ0) is 15.7. The molecule has 2 heterocycles. The summed E-state index contributed by atoms with van der Waals surface area (Å²) in [5, 5.41) is 4.42. The average Bonchev–Trinajstić information content (AvgIpc) is 2.83. The van der Waals surface area contributed by atoms with Crippen LogP contribution < -0.4 is 14.8 Å². The first-order chi connectivity index (χ1) is 10.6. The predicted molar refractivity (Wildman–Crippen MR) is 97.0 cm³/mol. The Morgan fingerprint density at radius 1 is 1.04 bits per heavy atom. The highest BCUT2D eigenvalue weighted by molar-refractivity contribution is 7.18. The van der Waals surface area contributed by atoms with Gasteiger partial charge in [0.1, 0.15) is 17.0 Å². The number of anilines is 2. The highest BCUT2D eigenvalue weighted by Gasteiger charge is 2.13. The molecule has 0 saturated heterocycles. The lowest BCUT2D eigenvalue weighted by molar-refractivity contribution is 0.355. The largest absolute Gasteiger partial charge is 0.493 e. The zero-order valence-electron chi connectivity index (χ0n) is 13.3. The van der Waals surface area contributed by atoms with Crippen LogP contribution in [0.1, 0.15) is 10.4 Å². The molecule has 7 heteroatoms. The molecule has 2 aromatic heterocycles. The van der Waals surface area contributed by atoms with Crippen molar-refractivity contribution in [2.24, 2.45) is 0 Å². The molecule has 0 aliphatic rings. The van der Waals surface area contributed by atoms with Gasteiger partial charge < -0.3 is 14.8 Å². The smallest absolute Gasteiger partial charge is 0.162 e. The van der Waals surface area contributed by atoms with E-state index in [0.717, 1.165) is 21.7 Å². The Hall–Kier alpha value is -2.05. The van der Waals surface area contributed by atoms with Gasteiger partial charge in [0.05, 0.1) is 19.6 Å². The summed E-state index contributed by atoms with van der Waals surface area (Å²) < 4.78 is 10.6. The monoisotopic (exact) mass is 351 g/mol. The number of aromatic nitrogens is 2. The van der Waals surface area contributed by atoms with E-state index in [1.165, 1.54) is 10.4 Å². The highest BCUT2D eigenvalue weighted by Crippen LogP contribution is 2.35. The molecule has 1 N–H and O–H groups in total. The van der Waals surface area contributed by atoms with Crippen molar-refractivity contribution in [3.05, 3.63) is 35.0 Å². The SMILES string of the molecule is COc1ccc(Nc2ncnc3sc(C)c(C)c23)cc1OC.Cl. The molecule has 0 saturated carbocycles. The summed E-state index contributed by atoms with van der Waals surface area (Å²) in [6.07, 6.45) is 1.58. The van der Waals surface area contributed by atoms with Crippen molar-refractivity contribution in [1.29, 1.82) is 0 Å². The normalized spacial score (nSPS) is 10.3. The van der Waals surface area contributed by atoms with Gasteiger partial charge in [0.2, 0.25) is 0 Å². The average molecular weight is 352 g/mol. The van der Waals surface area contributed by atoms with Gasteiger partial charge in [-0.1, -0.05) is 0 Å². The molecule has 0 spiro atoms. The summed E-state index contributed by atoms with van der Waals surface area (Å²) in [5.74, 6) is 2.18. The van der Waals surface area contributed by atoms with Crippen LogP contribution in [0, 0.1) is 13.8 Å². The lowest BCUT2D eigenvalue weighted by Crippen LogP contribution is -1.97. The number of hydrogen-bond donors (Lipinski definition) is 1. The number of thiophene rings is 1. The second-order valence-electron chi connectivity index (χ2n) is 4.88. The van der Waals surface area contributed by atoms with Crippen molar-refractivity contribution in [3.8, 4) is 11.5 Å². The molecule has 0 aliphatic heterocycles. The topological polar surface area (TPSA) is 56.3 Å². The predicted octanol–water partition coefficient (Wildman–Crippen LogP) is 4.49. The van der Waals surface area contributed by atoms with Crippen LogP contribution in [0.25, 0.3) is 10.2 Å². The summed E-state index contributed by atoms with van der Waals surface area (Å²) in [6.45, 7) is 4.19. The molecular weight excluding hydrogens is 334 g/mol. The first-order valence-corrected chi connectivity index (χ1v) is 7.65. The maximum Gasteiger partial charge on any atom is 0.162 e. The van der Waals surface area contributed by atoms with Gasteiger partial charge in [-0.2, -0.15) is 0 Å². The summed E-state index contributed by atoms with van der Waals surface area (Å²) in [6, 6.07) is 5.69. The highest BCUT2D eigenvalue weighted by atomic mass is 35.5. The third-order valence-electron chi connectivity index (χ3n) is 3.61. The van der Waals surface area contributed by atoms with E-state index in [4.69, 9.17) is 9.47 Å². The Kier molecular flexibility index (Phi) is 5.28. The van der Waals surface area contributed by atoms with E-state index in [2.05, 4.69) is 29.1 Å². The van der Waals surface area contributed by atoms with Crippen molar-refractivity contribution in [2.45, 2.75) is 13.8 Å². The molecule has 1 aromatic carbocycles. The Morgan fingerprint density at radius 3 is 2.48 bits per heavy atom. The second kappa shape index (κ2) is 7.02. The first kappa shape index (κ1) is 17.3. The Balaban J connectivity index is 0.00000192. The molecule has 3 aromatic rings. The van der Waals surface area contributed by atoms with Crippen LogP contribution >= 0.6 is 23.7 Å². The molecule has 0 unspecified atom stereocenters. The van der Waals surface area contributed by atoms with Gasteiger partial charge in [-0.25, -0.2) is 9.97 Å². The quantitative estimate of drug-likeness (QED) is 0.750. The van der Waals surface area contributed by atoms with Crippen molar-refractivity contribution in [1.82, 2.24) is 9.97 Å². The van der Waals surface area contributed by atoms with Crippen LogP contribution in [0.3, 0.4) is 0 Å². The maximum absolute atomic E-state index is 5.33. The van der Waals surface area contributed by atoms with Crippen molar-refractivity contribution in [3.63, 3.8) is 0 Å². The van der Waals surface area contributed by atoms with Crippen LogP contribution in [0.4, 0.5) is 11.5 Å². The molecule has 0 aliphatic carbocycles. The fourth-order valence-corrected chi connectivity index (χ4v) is 3.32. The van der Waals surface area contributed by atoms with Crippen molar-refractivity contribution in [2.75, 3.05) is 19.5 Å². The fraction of sp³-hybridized carbons (Fsp3) is 0.250. The minimum atomic E-state index is 0. The van der Waals surface area contributed by atoms with E-state index < -0.39 is 0 Å². The number of benzene rings is 1. The van der Waals surface area contributed by atoms with Gasteiger partial charge in [-0.05, 0) is 31.5 Å². The minimum absolute atomic E-state index is 0. The minimum Gasteiger partial charge on any atom is -0.493 e. The van der Waals surface area contributed by atoms with E-state index in [1.807, 2.05) is 18.2 Å². The third kappa shape index (κ3) is 3.18. The molecule has 23 heavy (non-hydrogen) atoms. The van der Waals surface area contributed by atoms with Gasteiger partial charge in [-0.3, -0.25) is 0 Å². The lowest BCUT2D eigenvalue weighted by atomic mass is 10.2. The number of nitrogens with zero attached hydrogens (tertiary/aromatic N) is 2. The second-order valence-corrected chi connectivity index (χ2v) is 6.08. The van der Waals surface area contributed by atoms with E-state index >= 15 is 0 Å². The number of methoxy groups -OCH3 is 2. The number of halogens is 1. The molecule has 0 radical (unpaired) electrons. The van der Waals surface area contributed by atoms with E-state index in [-0.39, 0.29) is 12.4 Å². The third-order valence-corrected chi connectivity index (χ3v) is 4.73. The summed E-state index contributed by atoms with van der Waals surface area (Å²) >= 11 is 1.68. The Morgan fingerprint density at radius 2 is 1.78 bits per heavy atom. The van der Waals surface area contributed by atoms with Crippen molar-refractivity contribution >= 4 is 45.5 Å². The summed E-state index contributed by atoms with van der Waals surface area (Å²) in [4.78, 5) is 11.0. The van der Waals surface area contributed by atoms with Crippen LogP contribution in [-0.2, 0) is 0 Å². The fourth-order valence-electron chi connectivity index (χ4n) is 2.33. The van der Waals surface area contributed by atoms with E-state index in [0.29, 0.717) is 11.5 Å². The van der Waals surface area contributed by atoms with Gasteiger partial charge in [0.25, 0.3) is 0 Å². The molecule has 0 amide bonds. The Bertz CT molecular complexity index is 836. The first-order valence-electron chi connectivity index (χ1n) is 6.83. The summed E-state index contributed by atoms with van der Waals surface area (Å²) in [5.41, 5.74) is 2.10.